The van der Waals surface area contributed by atoms with Gasteiger partial charge in [-0.05, 0) is 78.3 Å². The molecule has 0 N–H and O–H groups in total. The molecule has 3 aliphatic carbocycles. The molecule has 6 rings (SSSR count). The fraction of sp³-hybridized carbons (Fsp3) is 0.444. The van der Waals surface area contributed by atoms with Crippen molar-refractivity contribution in [3.63, 3.8) is 0 Å². The lowest BCUT2D eigenvalue weighted by atomic mass is 9.54. The van der Waals surface area contributed by atoms with Crippen molar-refractivity contribution in [3.8, 4) is 5.75 Å². The third-order valence-electron chi connectivity index (χ3n) is 9.38. The lowest BCUT2D eigenvalue weighted by molar-refractivity contribution is -0.109. The Kier molecular flexibility index (Phi) is 8.77. The van der Waals surface area contributed by atoms with Crippen molar-refractivity contribution in [1.29, 1.82) is 0 Å². The zero-order valence-corrected chi connectivity index (χ0v) is 23.9. The van der Waals surface area contributed by atoms with Crippen molar-refractivity contribution in [2.45, 2.75) is 84.2 Å². The molecule has 0 saturated heterocycles. The molecule has 2 saturated carbocycles. The van der Waals surface area contributed by atoms with Crippen LogP contribution in [-0.4, -0.2) is 12.2 Å². The highest BCUT2D eigenvalue weighted by Crippen LogP contribution is 2.62. The smallest absolute Gasteiger partial charge is 0.120 e. The molecule has 0 heterocycles. The van der Waals surface area contributed by atoms with E-state index in [1.54, 1.807) is 6.26 Å². The number of ether oxygens (including phenoxy) is 3. The van der Waals surface area contributed by atoms with E-state index in [1.165, 1.54) is 35.1 Å². The van der Waals surface area contributed by atoms with Crippen molar-refractivity contribution in [1.82, 2.24) is 0 Å². The molecule has 3 aromatic rings. The molecule has 0 radical (unpaired) electrons. The maximum atomic E-state index is 6.62. The van der Waals surface area contributed by atoms with Crippen molar-refractivity contribution in [3.05, 3.63) is 114 Å². The molecule has 0 aliphatic heterocycles. The zero-order chi connectivity index (χ0) is 27.2. The van der Waals surface area contributed by atoms with Gasteiger partial charge in [0.05, 0.1) is 19.0 Å². The van der Waals surface area contributed by atoms with Crippen LogP contribution in [0.25, 0.3) is 0 Å². The number of hydrogen-bond acceptors (Lipinski definition) is 3. The van der Waals surface area contributed by atoms with E-state index in [1.807, 2.05) is 19.9 Å². The monoisotopic (exact) mass is 524 g/mol. The van der Waals surface area contributed by atoms with Gasteiger partial charge in [0, 0.05) is 11.3 Å². The standard InChI is InChI=1S/C34H38O3.C2H6/c1-3-35-31-21-34(2)30(18-19-32(34)37-23-25-12-8-5-9-13-25)29-16-14-26-20-27(15-17-28(26)33(29)31)36-22-24-10-6-4-7-11-24;1-2/h3-13,15,17,20,29-33H,1,14,16,18-19,21-23H2,2H3;1-2H3. The van der Waals surface area contributed by atoms with E-state index < -0.39 is 0 Å². The van der Waals surface area contributed by atoms with E-state index in [0.717, 1.165) is 25.0 Å². The first-order valence-electron chi connectivity index (χ1n) is 14.9. The minimum absolute atomic E-state index is 0.125. The van der Waals surface area contributed by atoms with Crippen molar-refractivity contribution in [2.24, 2.45) is 17.3 Å². The van der Waals surface area contributed by atoms with Gasteiger partial charge in [-0.1, -0.05) is 94.1 Å². The predicted octanol–water partition coefficient (Wildman–Crippen LogP) is 8.87. The molecule has 3 aromatic carbocycles. The Balaban J connectivity index is 0.00000151. The molecule has 0 spiro atoms. The normalized spacial score (nSPS) is 28.6. The maximum Gasteiger partial charge on any atom is 0.120 e. The number of aryl methyl sites for hydroxylation is 1. The molecule has 2 fully saturated rings. The summed E-state index contributed by atoms with van der Waals surface area (Å²) in [5.74, 6) is 2.62. The van der Waals surface area contributed by atoms with Gasteiger partial charge in [-0.3, -0.25) is 0 Å². The first kappa shape index (κ1) is 27.5. The van der Waals surface area contributed by atoms with Gasteiger partial charge in [0.2, 0.25) is 0 Å². The van der Waals surface area contributed by atoms with Crippen LogP contribution in [0.3, 0.4) is 0 Å². The lowest BCUT2D eigenvalue weighted by Gasteiger charge is -2.53. The predicted molar refractivity (Wildman–Crippen MR) is 159 cm³/mol. The summed E-state index contributed by atoms with van der Waals surface area (Å²) in [6.07, 6.45) is 7.74. The zero-order valence-electron chi connectivity index (χ0n) is 23.9. The molecule has 39 heavy (non-hydrogen) atoms. The van der Waals surface area contributed by atoms with E-state index in [0.29, 0.717) is 31.0 Å². The van der Waals surface area contributed by atoms with Crippen LogP contribution in [0.15, 0.2) is 91.7 Å². The first-order chi connectivity index (χ1) is 19.2. The van der Waals surface area contributed by atoms with Crippen LogP contribution in [-0.2, 0) is 29.1 Å². The number of benzene rings is 3. The molecule has 0 amide bonds. The summed E-state index contributed by atoms with van der Waals surface area (Å²) in [6, 6.07) is 27.7. The maximum absolute atomic E-state index is 6.62. The third-order valence-corrected chi connectivity index (χ3v) is 9.38. The summed E-state index contributed by atoms with van der Waals surface area (Å²) in [5, 5.41) is 0. The Morgan fingerprint density at radius 1 is 0.872 bits per heavy atom. The highest BCUT2D eigenvalue weighted by Gasteiger charge is 2.59. The third kappa shape index (κ3) is 5.65. The fourth-order valence-corrected chi connectivity index (χ4v) is 7.69. The molecule has 0 bridgehead atoms. The molecule has 3 nitrogen and oxygen atoms in total. The van der Waals surface area contributed by atoms with E-state index in [9.17, 15) is 0 Å². The van der Waals surface area contributed by atoms with Gasteiger partial charge in [-0.25, -0.2) is 0 Å². The topological polar surface area (TPSA) is 27.7 Å². The molecule has 0 aromatic heterocycles. The molecule has 6 atom stereocenters. The van der Waals surface area contributed by atoms with E-state index in [2.05, 4.69) is 86.3 Å². The van der Waals surface area contributed by atoms with Crippen LogP contribution in [0.5, 0.6) is 5.75 Å². The second kappa shape index (κ2) is 12.4. The number of fused-ring (bicyclic) bond motifs is 5. The second-order valence-electron chi connectivity index (χ2n) is 11.4. The van der Waals surface area contributed by atoms with Gasteiger partial charge >= 0.3 is 0 Å². The molecular weight excluding hydrogens is 480 g/mol. The number of hydrogen-bond donors (Lipinski definition) is 0. The summed E-state index contributed by atoms with van der Waals surface area (Å²) in [5.41, 5.74) is 5.43. The molecular formula is C36H44O3. The summed E-state index contributed by atoms with van der Waals surface area (Å²) >= 11 is 0. The van der Waals surface area contributed by atoms with Crippen molar-refractivity contribution in [2.75, 3.05) is 0 Å². The minimum atomic E-state index is 0.125. The first-order valence-corrected chi connectivity index (χ1v) is 14.9. The highest BCUT2D eigenvalue weighted by molar-refractivity contribution is 5.42. The van der Waals surface area contributed by atoms with Crippen LogP contribution >= 0.6 is 0 Å². The Morgan fingerprint density at radius 3 is 2.26 bits per heavy atom. The van der Waals surface area contributed by atoms with Crippen LogP contribution in [0, 0.1) is 17.3 Å². The fourth-order valence-electron chi connectivity index (χ4n) is 7.69. The Hall–Kier alpha value is -3.04. The average Bonchev–Trinajstić information content (AvgIpc) is 3.32. The van der Waals surface area contributed by atoms with Crippen molar-refractivity contribution < 1.29 is 14.2 Å². The van der Waals surface area contributed by atoms with E-state index in [-0.39, 0.29) is 17.6 Å². The summed E-state index contributed by atoms with van der Waals surface area (Å²) < 4.78 is 19.1. The van der Waals surface area contributed by atoms with E-state index >= 15 is 0 Å². The molecule has 206 valence electrons. The van der Waals surface area contributed by atoms with Gasteiger partial charge in [-0.15, -0.1) is 0 Å². The van der Waals surface area contributed by atoms with E-state index in [4.69, 9.17) is 14.2 Å². The minimum Gasteiger partial charge on any atom is -0.498 e. The molecule has 3 heteroatoms. The summed E-state index contributed by atoms with van der Waals surface area (Å²) in [6.45, 7) is 11.7. The second-order valence-corrected chi connectivity index (χ2v) is 11.4. The summed E-state index contributed by atoms with van der Waals surface area (Å²) in [7, 11) is 0. The van der Waals surface area contributed by atoms with Crippen LogP contribution in [0.1, 0.15) is 74.6 Å². The van der Waals surface area contributed by atoms with Gasteiger partial charge in [0.25, 0.3) is 0 Å². The van der Waals surface area contributed by atoms with Crippen LogP contribution < -0.4 is 4.74 Å². The van der Waals surface area contributed by atoms with Crippen molar-refractivity contribution >= 4 is 0 Å². The van der Waals surface area contributed by atoms with Crippen LogP contribution in [0.4, 0.5) is 0 Å². The Labute approximate surface area is 235 Å². The average molecular weight is 525 g/mol. The summed E-state index contributed by atoms with van der Waals surface area (Å²) in [4.78, 5) is 0. The van der Waals surface area contributed by atoms with Gasteiger partial charge in [0.1, 0.15) is 18.5 Å². The largest absolute Gasteiger partial charge is 0.498 e. The Bertz CT molecular complexity index is 1210. The van der Waals surface area contributed by atoms with Gasteiger partial charge < -0.3 is 14.2 Å². The molecule has 6 unspecified atom stereocenters. The molecule has 3 aliphatic rings. The highest BCUT2D eigenvalue weighted by atomic mass is 16.5. The SMILES string of the molecule is C=COC1CC2(C)C(OCc3ccccc3)CCC2C2CCc3cc(OCc4ccccc4)ccc3C12.CC. The Morgan fingerprint density at radius 2 is 1.56 bits per heavy atom. The van der Waals surface area contributed by atoms with Gasteiger partial charge in [-0.2, -0.15) is 0 Å². The van der Waals surface area contributed by atoms with Gasteiger partial charge in [0.15, 0.2) is 0 Å². The quantitative estimate of drug-likeness (QED) is 0.275. The lowest BCUT2D eigenvalue weighted by Crippen LogP contribution is -2.51. The number of rotatable bonds is 8. The van der Waals surface area contributed by atoms with Crippen LogP contribution in [0.2, 0.25) is 0 Å².